The lowest BCUT2D eigenvalue weighted by Crippen LogP contribution is -2.42. The van der Waals surface area contributed by atoms with Gasteiger partial charge in [-0.15, -0.1) is 0 Å². The quantitative estimate of drug-likeness (QED) is 0.749. The predicted octanol–water partition coefficient (Wildman–Crippen LogP) is 3.22. The van der Waals surface area contributed by atoms with E-state index in [2.05, 4.69) is 51.9 Å². The number of benzene rings is 1. The Balaban J connectivity index is 1.78. The Morgan fingerprint density at radius 1 is 1.19 bits per heavy atom. The number of piperidine rings is 1. The van der Waals surface area contributed by atoms with Crippen LogP contribution in [-0.2, 0) is 4.79 Å². The first-order chi connectivity index (χ1) is 15.5. The lowest BCUT2D eigenvalue weighted by Gasteiger charge is -2.35. The first kappa shape index (κ1) is 21.9. The summed E-state index contributed by atoms with van der Waals surface area (Å²) in [7, 11) is 0. The molecule has 0 aliphatic carbocycles. The lowest BCUT2D eigenvalue weighted by atomic mass is 9.79. The van der Waals surface area contributed by atoms with Gasteiger partial charge in [0.05, 0.1) is 11.6 Å². The van der Waals surface area contributed by atoms with Crippen molar-refractivity contribution in [2.24, 2.45) is 5.92 Å². The molecule has 168 valence electrons. The maximum Gasteiger partial charge on any atom is 0.258 e. The molecule has 8 heteroatoms. The number of anilines is 3. The lowest BCUT2D eigenvalue weighted by molar-refractivity contribution is -0.119. The highest BCUT2D eigenvalue weighted by Crippen LogP contribution is 2.39. The number of nitrogens with zero attached hydrogens (tertiary/aromatic N) is 4. The van der Waals surface area contributed by atoms with E-state index in [1.807, 2.05) is 24.3 Å². The monoisotopic (exact) mass is 434 g/mol. The molecule has 0 radical (unpaired) electrons. The molecule has 0 spiro atoms. The smallest absolute Gasteiger partial charge is 0.258 e. The summed E-state index contributed by atoms with van der Waals surface area (Å²) in [6.07, 6.45) is 3.22. The minimum atomic E-state index is -0.996. The van der Waals surface area contributed by atoms with Crippen molar-refractivity contribution in [3.05, 3.63) is 45.7 Å². The number of H-pyrrole nitrogens is 1. The molecule has 3 atom stereocenters. The van der Waals surface area contributed by atoms with Crippen LogP contribution in [0.4, 0.5) is 17.5 Å². The standard InChI is InChI=1S/C24H30N6O2/c1-4-29(5-2)17-11-9-16(10-12-17)19-18(14-25)22(31)26-21-20(19)23(32)28-24(27-21)30-13-7-6-8-15(30)3/h9-12,15,18-19H,4-8,13H2,1-3H3,(H2,26,27,28,31,32). The van der Waals surface area contributed by atoms with Gasteiger partial charge in [0.1, 0.15) is 11.7 Å². The summed E-state index contributed by atoms with van der Waals surface area (Å²) in [6.45, 7) is 8.88. The molecule has 1 saturated heterocycles. The van der Waals surface area contributed by atoms with E-state index in [1.165, 1.54) is 0 Å². The summed E-state index contributed by atoms with van der Waals surface area (Å²) >= 11 is 0. The average Bonchev–Trinajstić information content (AvgIpc) is 2.79. The second-order valence-electron chi connectivity index (χ2n) is 8.53. The van der Waals surface area contributed by atoms with Crippen molar-refractivity contribution >= 4 is 23.4 Å². The van der Waals surface area contributed by atoms with E-state index >= 15 is 0 Å². The van der Waals surface area contributed by atoms with Crippen molar-refractivity contribution in [2.45, 2.75) is 52.0 Å². The topological polar surface area (TPSA) is 105 Å². The van der Waals surface area contributed by atoms with Gasteiger partial charge < -0.3 is 15.1 Å². The number of carbonyl (C=O) groups is 1. The van der Waals surface area contributed by atoms with E-state index in [-0.39, 0.29) is 17.4 Å². The number of hydrogen-bond acceptors (Lipinski definition) is 6. The Labute approximate surface area is 188 Å². The number of aromatic nitrogens is 2. The molecule has 1 fully saturated rings. The zero-order chi connectivity index (χ0) is 22.8. The second-order valence-corrected chi connectivity index (χ2v) is 8.53. The average molecular weight is 435 g/mol. The van der Waals surface area contributed by atoms with Crippen molar-refractivity contribution in [3.63, 3.8) is 0 Å². The van der Waals surface area contributed by atoms with Crippen molar-refractivity contribution < 1.29 is 4.79 Å². The maximum atomic E-state index is 13.3. The fourth-order valence-electron chi connectivity index (χ4n) is 4.89. The highest BCUT2D eigenvalue weighted by atomic mass is 16.2. The van der Waals surface area contributed by atoms with E-state index in [9.17, 15) is 14.9 Å². The van der Waals surface area contributed by atoms with Crippen molar-refractivity contribution in [1.82, 2.24) is 9.97 Å². The van der Waals surface area contributed by atoms with Crippen molar-refractivity contribution in [3.8, 4) is 6.07 Å². The Morgan fingerprint density at radius 3 is 2.53 bits per heavy atom. The molecule has 0 bridgehead atoms. The molecule has 2 aromatic rings. The van der Waals surface area contributed by atoms with Crippen LogP contribution < -0.4 is 20.7 Å². The third-order valence-electron chi connectivity index (χ3n) is 6.71. The number of hydrogen-bond donors (Lipinski definition) is 2. The molecular formula is C24H30N6O2. The van der Waals surface area contributed by atoms with E-state index in [0.29, 0.717) is 11.5 Å². The Hall–Kier alpha value is -3.34. The van der Waals surface area contributed by atoms with Crippen LogP contribution in [-0.4, -0.2) is 41.6 Å². The van der Waals surface area contributed by atoms with Crippen LogP contribution in [0, 0.1) is 17.2 Å². The van der Waals surface area contributed by atoms with Crippen molar-refractivity contribution in [1.29, 1.82) is 5.26 Å². The second kappa shape index (κ2) is 9.03. The summed E-state index contributed by atoms with van der Waals surface area (Å²) in [5.41, 5.74) is 1.87. The van der Waals surface area contributed by atoms with Gasteiger partial charge in [-0.1, -0.05) is 12.1 Å². The van der Waals surface area contributed by atoms with Gasteiger partial charge in [-0.05, 0) is 57.7 Å². The third-order valence-corrected chi connectivity index (χ3v) is 6.71. The zero-order valence-corrected chi connectivity index (χ0v) is 18.9. The molecular weight excluding hydrogens is 404 g/mol. The van der Waals surface area contributed by atoms with E-state index in [4.69, 9.17) is 0 Å². The van der Waals surface area contributed by atoms with Crippen LogP contribution >= 0.6 is 0 Å². The third kappa shape index (κ3) is 3.83. The largest absolute Gasteiger partial charge is 0.372 e. The molecule has 2 N–H and O–H groups in total. The Bertz CT molecular complexity index is 1080. The van der Waals surface area contributed by atoms with Gasteiger partial charge in [-0.25, -0.2) is 0 Å². The minimum absolute atomic E-state index is 0.260. The SMILES string of the molecule is CCN(CC)c1ccc(C2c3c(nc(N4CCCCC4C)[nH]c3=O)NC(=O)C2C#N)cc1. The van der Waals surface area contributed by atoms with Crippen LogP contribution in [0.15, 0.2) is 29.1 Å². The summed E-state index contributed by atoms with van der Waals surface area (Å²) < 4.78 is 0. The van der Waals surface area contributed by atoms with Gasteiger partial charge in [-0.3, -0.25) is 14.6 Å². The van der Waals surface area contributed by atoms with Crippen LogP contribution in [0.3, 0.4) is 0 Å². The van der Waals surface area contributed by atoms with E-state index < -0.39 is 17.7 Å². The molecule has 3 heterocycles. The normalized spacial score (nSPS) is 22.6. The Kier molecular flexibility index (Phi) is 6.17. The molecule has 32 heavy (non-hydrogen) atoms. The molecule has 4 rings (SSSR count). The highest BCUT2D eigenvalue weighted by molar-refractivity contribution is 5.98. The molecule has 0 saturated carbocycles. The van der Waals surface area contributed by atoms with Gasteiger partial charge in [-0.2, -0.15) is 10.2 Å². The predicted molar refractivity (Wildman–Crippen MR) is 125 cm³/mol. The van der Waals surface area contributed by atoms with Crippen molar-refractivity contribution in [2.75, 3.05) is 34.8 Å². The number of amides is 1. The van der Waals surface area contributed by atoms with Gasteiger partial charge >= 0.3 is 0 Å². The van der Waals surface area contributed by atoms with Crippen LogP contribution in [0.25, 0.3) is 0 Å². The maximum absolute atomic E-state index is 13.3. The van der Waals surface area contributed by atoms with Gasteiger partial charge in [0.25, 0.3) is 5.56 Å². The van der Waals surface area contributed by atoms with E-state index in [0.717, 1.165) is 50.1 Å². The van der Waals surface area contributed by atoms with E-state index in [1.54, 1.807) is 0 Å². The Morgan fingerprint density at radius 2 is 1.91 bits per heavy atom. The number of carbonyl (C=O) groups excluding carboxylic acids is 1. The fraction of sp³-hybridized carbons (Fsp3) is 0.500. The molecule has 1 amide bonds. The number of nitriles is 1. The molecule has 1 aromatic carbocycles. The number of nitrogens with one attached hydrogen (secondary N) is 2. The van der Waals surface area contributed by atoms with Crippen LogP contribution in [0.1, 0.15) is 57.1 Å². The molecule has 1 aromatic heterocycles. The number of rotatable bonds is 5. The highest BCUT2D eigenvalue weighted by Gasteiger charge is 2.40. The molecule has 2 aliphatic rings. The molecule has 8 nitrogen and oxygen atoms in total. The first-order valence-corrected chi connectivity index (χ1v) is 11.4. The zero-order valence-electron chi connectivity index (χ0n) is 18.9. The number of fused-ring (bicyclic) bond motifs is 1. The summed E-state index contributed by atoms with van der Waals surface area (Å²) in [5, 5.41) is 12.5. The summed E-state index contributed by atoms with van der Waals surface area (Å²) in [5.74, 6) is -1.35. The number of aromatic amines is 1. The fourth-order valence-corrected chi connectivity index (χ4v) is 4.89. The minimum Gasteiger partial charge on any atom is -0.372 e. The molecule has 2 aliphatic heterocycles. The summed E-state index contributed by atoms with van der Waals surface area (Å²) in [4.78, 5) is 37.9. The first-order valence-electron chi connectivity index (χ1n) is 11.4. The van der Waals surface area contributed by atoms with Gasteiger partial charge in [0.2, 0.25) is 11.9 Å². The van der Waals surface area contributed by atoms with Gasteiger partial charge in [0.15, 0.2) is 0 Å². The van der Waals surface area contributed by atoms with Gasteiger partial charge in [0, 0.05) is 37.3 Å². The van der Waals surface area contributed by atoms with Crippen LogP contribution in [0.5, 0.6) is 0 Å². The summed E-state index contributed by atoms with van der Waals surface area (Å²) in [6, 6.07) is 10.1. The van der Waals surface area contributed by atoms with Crippen LogP contribution in [0.2, 0.25) is 0 Å². The molecule has 3 unspecified atom stereocenters.